The molecule has 0 aliphatic carbocycles. The SMILES string of the molecule is CN1CC(C(=O)N[C@@H](CCCCCC(=O)c2ncco2)c2[nH]c(-c3ccc(F)cc3)nc2Cl)C1.O=C(O)[C@H](O)[C@@H](O)C(=O)O. The first-order valence-corrected chi connectivity index (χ1v) is 14.0. The van der Waals surface area contributed by atoms with Crippen LogP contribution < -0.4 is 5.32 Å². The van der Waals surface area contributed by atoms with E-state index < -0.39 is 24.1 Å². The zero-order valence-electron chi connectivity index (χ0n) is 23.7. The van der Waals surface area contributed by atoms with Crippen LogP contribution in [0.2, 0.25) is 5.15 Å². The van der Waals surface area contributed by atoms with Gasteiger partial charge >= 0.3 is 11.9 Å². The molecule has 3 atom stereocenters. The summed E-state index contributed by atoms with van der Waals surface area (Å²) in [6.45, 7) is 1.44. The van der Waals surface area contributed by atoms with Gasteiger partial charge in [0, 0.05) is 25.1 Å². The fourth-order valence-corrected chi connectivity index (χ4v) is 4.60. The second kappa shape index (κ2) is 16.0. The Balaban J connectivity index is 0.000000456. The summed E-state index contributed by atoms with van der Waals surface area (Å²) in [5, 5.41) is 35.9. The third-order valence-electron chi connectivity index (χ3n) is 6.78. The number of halogens is 2. The molecular formula is C28H33ClFN5O9. The third-order valence-corrected chi connectivity index (χ3v) is 7.06. The Morgan fingerprint density at radius 2 is 1.73 bits per heavy atom. The zero-order chi connectivity index (χ0) is 32.4. The average Bonchev–Trinajstić information content (AvgIpc) is 3.65. The molecule has 3 aromatic rings. The fraction of sp³-hybridized carbons (Fsp3) is 0.429. The second-order valence-electron chi connectivity index (χ2n) is 10.2. The number of carbonyl (C=O) groups excluding carboxylic acids is 2. The Morgan fingerprint density at radius 3 is 2.27 bits per heavy atom. The third kappa shape index (κ3) is 9.67. The number of aromatic amines is 1. The molecule has 14 nitrogen and oxygen atoms in total. The van der Waals surface area contributed by atoms with Crippen molar-refractivity contribution in [2.45, 2.75) is 50.4 Å². The summed E-state index contributed by atoms with van der Waals surface area (Å²) in [6, 6.07) is 5.61. The highest BCUT2D eigenvalue weighted by molar-refractivity contribution is 6.30. The number of carbonyl (C=O) groups is 4. The summed E-state index contributed by atoms with van der Waals surface area (Å²) in [6.07, 6.45) is 1.54. The summed E-state index contributed by atoms with van der Waals surface area (Å²) >= 11 is 6.46. The number of hydrogen-bond donors (Lipinski definition) is 6. The lowest BCUT2D eigenvalue weighted by Gasteiger charge is -2.35. The number of imidazole rings is 1. The zero-order valence-corrected chi connectivity index (χ0v) is 24.4. The Hall–Kier alpha value is -4.18. The van der Waals surface area contributed by atoms with Crippen LogP contribution in [-0.2, 0) is 14.4 Å². The largest absolute Gasteiger partial charge is 0.479 e. The smallest absolute Gasteiger partial charge is 0.335 e. The van der Waals surface area contributed by atoms with Gasteiger partial charge in [-0.05, 0) is 44.2 Å². The highest BCUT2D eigenvalue weighted by Crippen LogP contribution is 2.30. The van der Waals surface area contributed by atoms with Crippen molar-refractivity contribution in [2.75, 3.05) is 20.1 Å². The molecule has 1 aliphatic rings. The van der Waals surface area contributed by atoms with Crippen molar-refractivity contribution in [3.8, 4) is 11.4 Å². The van der Waals surface area contributed by atoms with Crippen LogP contribution in [0, 0.1) is 11.7 Å². The van der Waals surface area contributed by atoms with Gasteiger partial charge in [0.25, 0.3) is 5.89 Å². The molecule has 238 valence electrons. The molecule has 0 radical (unpaired) electrons. The van der Waals surface area contributed by atoms with E-state index in [4.69, 9.17) is 36.4 Å². The molecule has 44 heavy (non-hydrogen) atoms. The first kappa shape index (κ1) is 34.3. The Labute approximate surface area is 255 Å². The van der Waals surface area contributed by atoms with Gasteiger partial charge in [0.2, 0.25) is 11.7 Å². The summed E-state index contributed by atoms with van der Waals surface area (Å²) < 4.78 is 18.3. The van der Waals surface area contributed by atoms with Crippen molar-refractivity contribution in [1.29, 1.82) is 0 Å². The number of Topliss-reactive ketones (excluding diaryl/α,β-unsaturated/α-hetero) is 1. The molecule has 1 saturated heterocycles. The minimum atomic E-state index is -2.27. The number of aromatic nitrogens is 3. The molecular weight excluding hydrogens is 605 g/mol. The standard InChI is InChI=1S/C24H27ClFN5O3.C4H6O6/c1-31-13-16(14-31)23(33)28-18(5-3-2-4-6-19(32)24-27-11-12-34-24)20-21(25)30-22(29-20)15-7-9-17(26)10-8-15;5-1(3(7)8)2(6)4(9)10/h7-12,16,18H,2-6,13-14H2,1H3,(H,28,33)(H,29,30);1-2,5-6H,(H,7,8)(H,9,10)/t18-;1-,2-/m01/s1. The van der Waals surface area contributed by atoms with Crippen LogP contribution in [-0.4, -0.2) is 96.3 Å². The van der Waals surface area contributed by atoms with Gasteiger partial charge in [-0.2, -0.15) is 0 Å². The molecule has 16 heteroatoms. The van der Waals surface area contributed by atoms with E-state index >= 15 is 0 Å². The van der Waals surface area contributed by atoms with E-state index in [1.807, 2.05) is 7.05 Å². The molecule has 6 N–H and O–H groups in total. The monoisotopic (exact) mass is 637 g/mol. The Bertz CT molecular complexity index is 1390. The maximum atomic E-state index is 13.3. The number of rotatable bonds is 14. The Kier molecular flexibility index (Phi) is 12.5. The summed E-state index contributed by atoms with van der Waals surface area (Å²) in [4.78, 5) is 57.9. The number of carboxylic acid groups (broad SMARTS) is 2. The first-order chi connectivity index (χ1) is 20.9. The highest BCUT2D eigenvalue weighted by Gasteiger charge is 2.32. The fourth-order valence-electron chi connectivity index (χ4n) is 4.33. The lowest BCUT2D eigenvalue weighted by molar-refractivity contribution is -0.165. The predicted octanol–water partition coefficient (Wildman–Crippen LogP) is 2.29. The van der Waals surface area contributed by atoms with Crippen LogP contribution >= 0.6 is 11.6 Å². The number of aliphatic hydroxyl groups is 2. The number of H-pyrrole nitrogens is 1. The van der Waals surface area contributed by atoms with E-state index in [2.05, 4.69) is 25.2 Å². The van der Waals surface area contributed by atoms with Gasteiger partial charge in [0.05, 0.1) is 23.9 Å². The van der Waals surface area contributed by atoms with Crippen molar-refractivity contribution >= 4 is 35.2 Å². The van der Waals surface area contributed by atoms with Crippen LogP contribution in [0.3, 0.4) is 0 Å². The molecule has 0 spiro atoms. The maximum absolute atomic E-state index is 13.3. The lowest BCUT2D eigenvalue weighted by Crippen LogP contribution is -2.52. The van der Waals surface area contributed by atoms with E-state index in [1.165, 1.54) is 24.6 Å². The second-order valence-corrected chi connectivity index (χ2v) is 10.6. The van der Waals surface area contributed by atoms with E-state index in [1.54, 1.807) is 12.1 Å². The van der Waals surface area contributed by atoms with E-state index in [0.717, 1.165) is 25.9 Å². The molecule has 1 fully saturated rings. The van der Waals surface area contributed by atoms with Gasteiger partial charge < -0.3 is 40.0 Å². The van der Waals surface area contributed by atoms with E-state index in [0.29, 0.717) is 36.3 Å². The number of hydrogen-bond acceptors (Lipinski definition) is 10. The van der Waals surface area contributed by atoms with Gasteiger partial charge in [-0.3, -0.25) is 9.59 Å². The van der Waals surface area contributed by atoms with Gasteiger partial charge in [-0.15, -0.1) is 0 Å². The van der Waals surface area contributed by atoms with Crippen molar-refractivity contribution in [1.82, 2.24) is 25.2 Å². The summed E-state index contributed by atoms with van der Waals surface area (Å²) in [5.41, 5.74) is 1.32. The molecule has 0 unspecified atom stereocenters. The van der Waals surface area contributed by atoms with E-state index in [-0.39, 0.29) is 40.5 Å². The van der Waals surface area contributed by atoms with Crippen molar-refractivity contribution in [3.05, 3.63) is 59.3 Å². The van der Waals surface area contributed by atoms with Crippen LogP contribution in [0.25, 0.3) is 11.4 Å². The number of likely N-dealkylation sites (tertiary alicyclic amines) is 1. The predicted molar refractivity (Wildman–Crippen MR) is 152 cm³/mol. The average molecular weight is 638 g/mol. The van der Waals surface area contributed by atoms with Gasteiger partial charge in [-0.25, -0.2) is 23.9 Å². The van der Waals surface area contributed by atoms with Crippen LogP contribution in [0.1, 0.15) is 54.5 Å². The molecule has 1 amide bonds. The molecule has 1 aliphatic heterocycles. The normalized spacial score (nSPS) is 15.3. The lowest BCUT2D eigenvalue weighted by atomic mass is 9.98. The molecule has 0 bridgehead atoms. The van der Waals surface area contributed by atoms with Gasteiger partial charge in [0.1, 0.15) is 17.9 Å². The first-order valence-electron chi connectivity index (χ1n) is 13.6. The molecule has 2 aromatic heterocycles. The highest BCUT2D eigenvalue weighted by atomic mass is 35.5. The van der Waals surface area contributed by atoms with Gasteiger partial charge in [0.15, 0.2) is 17.4 Å². The van der Waals surface area contributed by atoms with Crippen molar-refractivity contribution in [3.63, 3.8) is 0 Å². The number of ketones is 1. The molecule has 3 heterocycles. The quantitative estimate of drug-likeness (QED) is 0.111. The number of carboxylic acids is 2. The number of aliphatic carboxylic acids is 2. The molecule has 1 aromatic carbocycles. The van der Waals surface area contributed by atoms with Gasteiger partial charge in [-0.1, -0.05) is 24.4 Å². The minimum Gasteiger partial charge on any atom is -0.479 e. The number of nitrogens with one attached hydrogen (secondary N) is 2. The topological polar surface area (TPSA) is 219 Å². The summed E-state index contributed by atoms with van der Waals surface area (Å²) in [5.74, 6) is -3.42. The van der Waals surface area contributed by atoms with Crippen LogP contribution in [0.5, 0.6) is 0 Å². The van der Waals surface area contributed by atoms with Crippen molar-refractivity contribution in [2.24, 2.45) is 5.92 Å². The maximum Gasteiger partial charge on any atom is 0.335 e. The van der Waals surface area contributed by atoms with E-state index in [9.17, 15) is 23.6 Å². The molecule has 0 saturated carbocycles. The van der Waals surface area contributed by atoms with Crippen molar-refractivity contribution < 1.29 is 48.4 Å². The number of oxazole rings is 1. The molecule has 4 rings (SSSR count). The number of benzene rings is 1. The number of aliphatic hydroxyl groups excluding tert-OH is 2. The minimum absolute atomic E-state index is 0.0174. The van der Waals surface area contributed by atoms with Crippen LogP contribution in [0.4, 0.5) is 4.39 Å². The number of nitrogens with zero attached hydrogens (tertiary/aromatic N) is 3. The summed E-state index contributed by atoms with van der Waals surface area (Å²) in [7, 11) is 1.97. The van der Waals surface area contributed by atoms with Crippen LogP contribution in [0.15, 0.2) is 41.1 Å². The number of unbranched alkanes of at least 4 members (excludes halogenated alkanes) is 2. The number of amides is 1. The Morgan fingerprint density at radius 1 is 1.09 bits per heavy atom.